The van der Waals surface area contributed by atoms with Gasteiger partial charge in [-0.05, 0) is 25.7 Å². The second-order valence-corrected chi connectivity index (χ2v) is 8.12. The van der Waals surface area contributed by atoms with E-state index in [0.717, 1.165) is 51.9 Å². The number of rotatable bonds is 3. The van der Waals surface area contributed by atoms with Gasteiger partial charge in [-0.15, -0.1) is 0 Å². The molecule has 2 aliphatic carbocycles. The second-order valence-electron chi connectivity index (χ2n) is 8.12. The molecule has 0 spiro atoms. The normalized spacial score (nSPS) is 31.7. The van der Waals surface area contributed by atoms with Crippen LogP contribution in [0.3, 0.4) is 0 Å². The van der Waals surface area contributed by atoms with Crippen molar-refractivity contribution >= 4 is 17.7 Å². The van der Waals surface area contributed by atoms with E-state index in [-0.39, 0.29) is 36.1 Å². The lowest BCUT2D eigenvalue weighted by Crippen LogP contribution is -2.53. The molecule has 0 aromatic carbocycles. The molecular weight excluding hydrogens is 318 g/mol. The van der Waals surface area contributed by atoms with E-state index in [1.165, 1.54) is 30.6 Å². The molecule has 138 valence electrons. The molecule has 2 unspecified atom stereocenters. The Kier molecular flexibility index (Phi) is 4.80. The quantitative estimate of drug-likeness (QED) is 0.721. The van der Waals surface area contributed by atoms with E-state index in [9.17, 15) is 14.4 Å². The second kappa shape index (κ2) is 7.06. The van der Waals surface area contributed by atoms with Crippen molar-refractivity contribution in [3.8, 4) is 0 Å². The van der Waals surface area contributed by atoms with Crippen LogP contribution >= 0.6 is 0 Å². The molecule has 4 aliphatic rings. The molecular formula is C19H29N3O3. The molecule has 0 aromatic rings. The molecule has 0 aromatic heterocycles. The summed E-state index contributed by atoms with van der Waals surface area (Å²) in [5, 5.41) is 0. The van der Waals surface area contributed by atoms with Crippen LogP contribution in [0.15, 0.2) is 0 Å². The molecule has 3 amide bonds. The van der Waals surface area contributed by atoms with Gasteiger partial charge < -0.3 is 4.90 Å². The minimum absolute atomic E-state index is 0.0475. The number of fused-ring (bicyclic) bond motifs is 1. The summed E-state index contributed by atoms with van der Waals surface area (Å²) in [6.45, 7) is 3.23. The van der Waals surface area contributed by atoms with Gasteiger partial charge in [0, 0.05) is 32.2 Å². The molecule has 2 heterocycles. The fraction of sp³-hybridized carbons (Fsp3) is 0.842. The third kappa shape index (κ3) is 3.21. The lowest BCUT2D eigenvalue weighted by atomic mass is 9.81. The van der Waals surface area contributed by atoms with Crippen LogP contribution in [-0.4, -0.2) is 71.2 Å². The van der Waals surface area contributed by atoms with Crippen LogP contribution in [0.1, 0.15) is 51.4 Å². The van der Waals surface area contributed by atoms with Crippen LogP contribution in [0.4, 0.5) is 0 Å². The lowest BCUT2D eigenvalue weighted by molar-refractivity contribution is -0.147. The number of imide groups is 1. The first kappa shape index (κ1) is 17.0. The van der Waals surface area contributed by atoms with Gasteiger partial charge in [0.25, 0.3) is 0 Å². The Labute approximate surface area is 149 Å². The molecule has 0 bridgehead atoms. The summed E-state index contributed by atoms with van der Waals surface area (Å²) in [4.78, 5) is 43.3. The summed E-state index contributed by atoms with van der Waals surface area (Å²) in [6.07, 6.45) is 8.87. The Hall–Kier alpha value is -1.43. The molecule has 6 nitrogen and oxygen atoms in total. The van der Waals surface area contributed by atoms with E-state index in [1.807, 2.05) is 4.90 Å². The van der Waals surface area contributed by atoms with E-state index in [0.29, 0.717) is 6.04 Å². The fourth-order valence-corrected chi connectivity index (χ4v) is 5.23. The Balaban J connectivity index is 1.31. The van der Waals surface area contributed by atoms with Gasteiger partial charge in [-0.3, -0.25) is 24.2 Å². The van der Waals surface area contributed by atoms with Gasteiger partial charge in [0.15, 0.2) is 0 Å². The molecule has 2 aliphatic heterocycles. The van der Waals surface area contributed by atoms with Gasteiger partial charge in [0.05, 0.1) is 11.8 Å². The number of amides is 3. The van der Waals surface area contributed by atoms with Crippen molar-refractivity contribution in [3.63, 3.8) is 0 Å². The Bertz CT molecular complexity index is 526. The molecule has 0 N–H and O–H groups in total. The largest absolute Gasteiger partial charge is 0.339 e. The summed E-state index contributed by atoms with van der Waals surface area (Å²) in [5.74, 6) is -0.590. The maximum absolute atomic E-state index is 12.6. The molecule has 0 radical (unpaired) electrons. The average molecular weight is 347 g/mol. The van der Waals surface area contributed by atoms with Crippen molar-refractivity contribution in [3.05, 3.63) is 0 Å². The number of carbonyl (C=O) groups excluding carboxylic acids is 3. The summed E-state index contributed by atoms with van der Waals surface area (Å²) in [5.41, 5.74) is 0. The first-order chi connectivity index (χ1) is 12.1. The summed E-state index contributed by atoms with van der Waals surface area (Å²) in [7, 11) is 0. The van der Waals surface area contributed by atoms with Crippen molar-refractivity contribution in [2.45, 2.75) is 57.4 Å². The zero-order valence-electron chi connectivity index (χ0n) is 15.0. The van der Waals surface area contributed by atoms with Gasteiger partial charge in [0.1, 0.15) is 6.54 Å². The third-order valence-corrected chi connectivity index (χ3v) is 6.73. The van der Waals surface area contributed by atoms with E-state index < -0.39 is 0 Å². The monoisotopic (exact) mass is 347 g/mol. The van der Waals surface area contributed by atoms with Crippen LogP contribution in [-0.2, 0) is 14.4 Å². The minimum atomic E-state index is -0.159. The number of hydrogen-bond acceptors (Lipinski definition) is 4. The summed E-state index contributed by atoms with van der Waals surface area (Å²) >= 11 is 0. The first-order valence-electron chi connectivity index (χ1n) is 10.0. The summed E-state index contributed by atoms with van der Waals surface area (Å²) in [6, 6.07) is 0.696. The van der Waals surface area contributed by atoms with Gasteiger partial charge >= 0.3 is 0 Å². The Morgan fingerprint density at radius 1 is 0.800 bits per heavy atom. The SMILES string of the molecule is O=C(CN1C(=O)C2CCCCC2C1=O)N1CCN(C2CCCC2)CC1. The van der Waals surface area contributed by atoms with Crippen molar-refractivity contribution < 1.29 is 14.4 Å². The molecule has 2 saturated heterocycles. The number of hydrogen-bond donors (Lipinski definition) is 0. The zero-order chi connectivity index (χ0) is 17.4. The van der Waals surface area contributed by atoms with E-state index >= 15 is 0 Å². The highest BCUT2D eigenvalue weighted by molar-refractivity contribution is 6.07. The summed E-state index contributed by atoms with van der Waals surface area (Å²) < 4.78 is 0. The first-order valence-corrected chi connectivity index (χ1v) is 10.0. The zero-order valence-corrected chi connectivity index (χ0v) is 15.0. The average Bonchev–Trinajstić information content (AvgIpc) is 3.26. The van der Waals surface area contributed by atoms with Gasteiger partial charge in [-0.25, -0.2) is 0 Å². The molecule has 4 fully saturated rings. The lowest BCUT2D eigenvalue weighted by Gasteiger charge is -2.38. The molecule has 2 atom stereocenters. The van der Waals surface area contributed by atoms with Crippen LogP contribution < -0.4 is 0 Å². The van der Waals surface area contributed by atoms with Crippen molar-refractivity contribution in [1.82, 2.24) is 14.7 Å². The highest BCUT2D eigenvalue weighted by Gasteiger charge is 2.48. The number of carbonyl (C=O) groups is 3. The van der Waals surface area contributed by atoms with Gasteiger partial charge in [-0.1, -0.05) is 25.7 Å². The number of nitrogens with zero attached hydrogens (tertiary/aromatic N) is 3. The fourth-order valence-electron chi connectivity index (χ4n) is 5.23. The highest BCUT2D eigenvalue weighted by atomic mass is 16.2. The van der Waals surface area contributed by atoms with Crippen molar-refractivity contribution in [1.29, 1.82) is 0 Å². The van der Waals surface area contributed by atoms with Crippen LogP contribution in [0.25, 0.3) is 0 Å². The maximum atomic E-state index is 12.6. The van der Waals surface area contributed by atoms with Crippen molar-refractivity contribution in [2.24, 2.45) is 11.8 Å². The Morgan fingerprint density at radius 3 is 1.88 bits per heavy atom. The topological polar surface area (TPSA) is 60.9 Å². The highest BCUT2D eigenvalue weighted by Crippen LogP contribution is 2.37. The minimum Gasteiger partial charge on any atom is -0.339 e. The molecule has 6 heteroatoms. The van der Waals surface area contributed by atoms with E-state index in [2.05, 4.69) is 4.90 Å². The van der Waals surface area contributed by atoms with Gasteiger partial charge in [-0.2, -0.15) is 0 Å². The smallest absolute Gasteiger partial charge is 0.242 e. The Morgan fingerprint density at radius 2 is 1.32 bits per heavy atom. The molecule has 2 saturated carbocycles. The molecule has 25 heavy (non-hydrogen) atoms. The third-order valence-electron chi connectivity index (χ3n) is 6.73. The number of piperazine rings is 1. The van der Waals surface area contributed by atoms with Crippen LogP contribution in [0.5, 0.6) is 0 Å². The van der Waals surface area contributed by atoms with Crippen molar-refractivity contribution in [2.75, 3.05) is 32.7 Å². The van der Waals surface area contributed by atoms with Crippen LogP contribution in [0.2, 0.25) is 0 Å². The van der Waals surface area contributed by atoms with Gasteiger partial charge in [0.2, 0.25) is 17.7 Å². The van der Waals surface area contributed by atoms with E-state index in [4.69, 9.17) is 0 Å². The maximum Gasteiger partial charge on any atom is 0.242 e. The predicted octanol–water partition coefficient (Wildman–Crippen LogP) is 1.25. The van der Waals surface area contributed by atoms with E-state index in [1.54, 1.807) is 0 Å². The number of likely N-dealkylation sites (tertiary alicyclic amines) is 1. The van der Waals surface area contributed by atoms with Crippen LogP contribution in [0, 0.1) is 11.8 Å². The molecule has 4 rings (SSSR count). The predicted molar refractivity (Wildman–Crippen MR) is 92.6 cm³/mol. The standard InChI is InChI=1S/C19H29N3O3/c23-17(21-11-9-20(10-12-21)14-5-1-2-6-14)13-22-18(24)15-7-3-4-8-16(15)19(22)25/h14-16H,1-13H2.